The molecule has 0 aliphatic rings. The van der Waals surface area contributed by atoms with Gasteiger partial charge in [0.25, 0.3) is 0 Å². The Morgan fingerprint density at radius 1 is 1.12 bits per heavy atom. The Morgan fingerprint density at radius 3 is 2.12 bits per heavy atom. The summed E-state index contributed by atoms with van der Waals surface area (Å²) < 4.78 is 10.8. The summed E-state index contributed by atoms with van der Waals surface area (Å²) in [5.41, 5.74) is 0.0591. The second-order valence-electron chi connectivity index (χ2n) is 4.50. The van der Waals surface area contributed by atoms with E-state index >= 15 is 0 Å². The minimum atomic E-state index is -0.136. The number of rotatable bonds is 6. The molecule has 0 aromatic rings. The van der Waals surface area contributed by atoms with E-state index in [9.17, 15) is 0 Å². The van der Waals surface area contributed by atoms with Gasteiger partial charge in [-0.25, -0.2) is 0 Å². The Hall–Kier alpha value is -0.780. The van der Waals surface area contributed by atoms with Gasteiger partial charge in [-0.05, 0) is 40.7 Å². The van der Waals surface area contributed by atoms with Gasteiger partial charge >= 0.3 is 0 Å². The molecular weight excluding hydrogens is 200 g/mol. The molecule has 0 fully saturated rings. The smallest absolute Gasteiger partial charge is 0.160 e. The molecule has 0 rings (SSSR count). The molecule has 0 aromatic heterocycles. The van der Waals surface area contributed by atoms with Crippen molar-refractivity contribution in [2.75, 3.05) is 13.2 Å². The maximum Gasteiger partial charge on any atom is 0.160 e. The summed E-state index contributed by atoms with van der Waals surface area (Å²) in [6, 6.07) is 0. The standard InChI is InChI=1S/C14H24O2/c1-6-15-13(16-7-2)11-9-8-10-12-14(3,4)5/h8-9,13H,6-7,11H2,1-5H3/b9-8+. The van der Waals surface area contributed by atoms with Crippen LogP contribution in [0.2, 0.25) is 0 Å². The lowest BCUT2D eigenvalue weighted by Crippen LogP contribution is -2.16. The van der Waals surface area contributed by atoms with E-state index in [0.717, 1.165) is 6.42 Å². The first-order valence-electron chi connectivity index (χ1n) is 5.90. The molecule has 16 heavy (non-hydrogen) atoms. The molecule has 0 saturated carbocycles. The van der Waals surface area contributed by atoms with E-state index in [1.807, 2.05) is 26.0 Å². The van der Waals surface area contributed by atoms with Crippen molar-refractivity contribution in [3.05, 3.63) is 12.2 Å². The average Bonchev–Trinajstić information content (AvgIpc) is 2.16. The highest BCUT2D eigenvalue weighted by Gasteiger charge is 2.04. The van der Waals surface area contributed by atoms with Crippen LogP contribution in [-0.4, -0.2) is 19.5 Å². The fourth-order valence-electron chi connectivity index (χ4n) is 1.05. The number of hydrogen-bond acceptors (Lipinski definition) is 2. The second-order valence-corrected chi connectivity index (χ2v) is 4.50. The molecule has 0 heterocycles. The Bertz CT molecular complexity index is 244. The van der Waals surface area contributed by atoms with Gasteiger partial charge in [0, 0.05) is 25.0 Å². The highest BCUT2D eigenvalue weighted by atomic mass is 16.7. The molecule has 0 atom stereocenters. The second kappa shape index (κ2) is 8.38. The monoisotopic (exact) mass is 224 g/mol. The van der Waals surface area contributed by atoms with Gasteiger partial charge in [-0.1, -0.05) is 17.9 Å². The summed E-state index contributed by atoms with van der Waals surface area (Å²) in [5, 5.41) is 0. The normalized spacial score (nSPS) is 11.9. The van der Waals surface area contributed by atoms with E-state index < -0.39 is 0 Å². The summed E-state index contributed by atoms with van der Waals surface area (Å²) in [6.45, 7) is 11.6. The third-order valence-corrected chi connectivity index (χ3v) is 1.68. The van der Waals surface area contributed by atoms with Gasteiger partial charge in [0.2, 0.25) is 0 Å². The van der Waals surface area contributed by atoms with Crippen LogP contribution in [0.5, 0.6) is 0 Å². The first-order valence-corrected chi connectivity index (χ1v) is 5.90. The van der Waals surface area contributed by atoms with Gasteiger partial charge in [-0.3, -0.25) is 0 Å². The van der Waals surface area contributed by atoms with Crippen molar-refractivity contribution < 1.29 is 9.47 Å². The van der Waals surface area contributed by atoms with E-state index in [4.69, 9.17) is 9.47 Å². The molecule has 0 spiro atoms. The van der Waals surface area contributed by atoms with Crippen molar-refractivity contribution in [1.29, 1.82) is 0 Å². The zero-order valence-corrected chi connectivity index (χ0v) is 11.2. The van der Waals surface area contributed by atoms with Crippen molar-refractivity contribution in [3.63, 3.8) is 0 Å². The zero-order chi connectivity index (χ0) is 12.4. The van der Waals surface area contributed by atoms with Crippen molar-refractivity contribution in [1.82, 2.24) is 0 Å². The molecule has 2 nitrogen and oxygen atoms in total. The highest BCUT2D eigenvalue weighted by molar-refractivity contribution is 5.18. The molecule has 0 unspecified atom stereocenters. The fraction of sp³-hybridized carbons (Fsp3) is 0.714. The lowest BCUT2D eigenvalue weighted by Gasteiger charge is -2.14. The van der Waals surface area contributed by atoms with Gasteiger partial charge in [0.15, 0.2) is 6.29 Å². The third-order valence-electron chi connectivity index (χ3n) is 1.68. The Kier molecular flexibility index (Phi) is 7.97. The molecule has 0 N–H and O–H groups in total. The van der Waals surface area contributed by atoms with Crippen LogP contribution in [0.15, 0.2) is 12.2 Å². The van der Waals surface area contributed by atoms with E-state index in [0.29, 0.717) is 13.2 Å². The number of allylic oxidation sites excluding steroid dienone is 1. The van der Waals surface area contributed by atoms with Crippen LogP contribution >= 0.6 is 0 Å². The molecule has 0 saturated heterocycles. The summed E-state index contributed by atoms with van der Waals surface area (Å²) in [6.07, 6.45) is 4.48. The molecule has 0 aliphatic carbocycles. The van der Waals surface area contributed by atoms with Crippen LogP contribution in [0, 0.1) is 17.3 Å². The summed E-state index contributed by atoms with van der Waals surface area (Å²) >= 11 is 0. The van der Waals surface area contributed by atoms with Crippen LogP contribution in [0.3, 0.4) is 0 Å². The molecule has 0 aromatic carbocycles. The van der Waals surface area contributed by atoms with Crippen LogP contribution in [0.1, 0.15) is 41.0 Å². The SMILES string of the molecule is CCOC(C/C=C/C#CC(C)(C)C)OCC. The highest BCUT2D eigenvalue weighted by Crippen LogP contribution is 2.09. The summed E-state index contributed by atoms with van der Waals surface area (Å²) in [4.78, 5) is 0. The predicted octanol–water partition coefficient (Wildman–Crippen LogP) is 3.38. The topological polar surface area (TPSA) is 18.5 Å². The van der Waals surface area contributed by atoms with E-state index in [2.05, 4.69) is 32.6 Å². The van der Waals surface area contributed by atoms with Crippen LogP contribution < -0.4 is 0 Å². The van der Waals surface area contributed by atoms with Crippen molar-refractivity contribution in [3.8, 4) is 11.8 Å². The quantitative estimate of drug-likeness (QED) is 0.508. The Balaban J connectivity index is 3.98. The van der Waals surface area contributed by atoms with Crippen LogP contribution in [0.25, 0.3) is 0 Å². The van der Waals surface area contributed by atoms with Crippen molar-refractivity contribution >= 4 is 0 Å². The summed E-state index contributed by atoms with van der Waals surface area (Å²) in [7, 11) is 0. The van der Waals surface area contributed by atoms with E-state index in [1.54, 1.807) is 0 Å². The van der Waals surface area contributed by atoms with E-state index in [1.165, 1.54) is 0 Å². The Labute approximate surface area is 100 Å². The largest absolute Gasteiger partial charge is 0.353 e. The van der Waals surface area contributed by atoms with Gasteiger partial charge in [-0.15, -0.1) is 0 Å². The minimum absolute atomic E-state index is 0.0591. The minimum Gasteiger partial charge on any atom is -0.353 e. The molecular formula is C14H24O2. The molecule has 0 bridgehead atoms. The van der Waals surface area contributed by atoms with Crippen LogP contribution in [-0.2, 0) is 9.47 Å². The Morgan fingerprint density at radius 2 is 1.69 bits per heavy atom. The maximum absolute atomic E-state index is 5.41. The molecule has 0 aliphatic heterocycles. The number of ether oxygens (including phenoxy) is 2. The average molecular weight is 224 g/mol. The van der Waals surface area contributed by atoms with Gasteiger partial charge < -0.3 is 9.47 Å². The first kappa shape index (κ1) is 15.2. The first-order chi connectivity index (χ1) is 7.49. The zero-order valence-electron chi connectivity index (χ0n) is 11.2. The lowest BCUT2D eigenvalue weighted by molar-refractivity contribution is -0.133. The van der Waals surface area contributed by atoms with Crippen molar-refractivity contribution in [2.24, 2.45) is 5.41 Å². The van der Waals surface area contributed by atoms with Gasteiger partial charge in [-0.2, -0.15) is 0 Å². The van der Waals surface area contributed by atoms with Gasteiger partial charge in [0.05, 0.1) is 0 Å². The van der Waals surface area contributed by atoms with Gasteiger partial charge in [0.1, 0.15) is 0 Å². The van der Waals surface area contributed by atoms with Crippen molar-refractivity contribution in [2.45, 2.75) is 47.3 Å². The molecule has 2 heteroatoms. The third kappa shape index (κ3) is 9.76. The van der Waals surface area contributed by atoms with E-state index in [-0.39, 0.29) is 11.7 Å². The fourth-order valence-corrected chi connectivity index (χ4v) is 1.05. The number of hydrogen-bond donors (Lipinski definition) is 0. The molecule has 0 amide bonds. The lowest BCUT2D eigenvalue weighted by atomic mass is 9.98. The molecule has 92 valence electrons. The van der Waals surface area contributed by atoms with Crippen LogP contribution in [0.4, 0.5) is 0 Å². The molecule has 0 radical (unpaired) electrons. The predicted molar refractivity (Wildman–Crippen MR) is 68.0 cm³/mol. The summed E-state index contributed by atoms with van der Waals surface area (Å²) in [5.74, 6) is 6.16. The maximum atomic E-state index is 5.41.